The molecule has 1 fully saturated rings. The van der Waals surface area contributed by atoms with Gasteiger partial charge in [0, 0.05) is 38.0 Å². The first kappa shape index (κ1) is 22.1. The summed E-state index contributed by atoms with van der Waals surface area (Å²) < 4.78 is 0. The summed E-state index contributed by atoms with van der Waals surface area (Å²) in [6.07, 6.45) is 1.44. The number of amides is 1. The number of anilines is 1. The van der Waals surface area contributed by atoms with Crippen LogP contribution in [0, 0.1) is 12.3 Å². The zero-order valence-electron chi connectivity index (χ0n) is 19.4. The Hall–Kier alpha value is -3.15. The third-order valence-corrected chi connectivity index (χ3v) is 5.81. The van der Waals surface area contributed by atoms with E-state index in [0.29, 0.717) is 24.4 Å². The summed E-state index contributed by atoms with van der Waals surface area (Å²) in [4.78, 5) is 26.7. The van der Waals surface area contributed by atoms with E-state index >= 15 is 0 Å². The molecular weight excluding hydrogens is 400 g/mol. The lowest BCUT2D eigenvalue weighted by Crippen LogP contribution is -2.37. The summed E-state index contributed by atoms with van der Waals surface area (Å²) in [5, 5.41) is 11.4. The molecule has 0 unspecified atom stereocenters. The molecule has 2 aromatic carbocycles. The van der Waals surface area contributed by atoms with Gasteiger partial charge < -0.3 is 14.9 Å². The number of phenolic OH excluding ortho intramolecular Hbond substituents is 1. The van der Waals surface area contributed by atoms with Crippen molar-refractivity contribution in [3.05, 3.63) is 48.0 Å². The fraction of sp³-hybridized carbons (Fsp3) is 0.423. The molecule has 0 aliphatic carbocycles. The van der Waals surface area contributed by atoms with Crippen molar-refractivity contribution in [2.24, 2.45) is 5.41 Å². The molecule has 3 aromatic rings. The van der Waals surface area contributed by atoms with Gasteiger partial charge in [-0.15, -0.1) is 0 Å². The predicted octanol–water partition coefficient (Wildman–Crippen LogP) is 4.79. The average Bonchev–Trinajstić information content (AvgIpc) is 2.98. The molecule has 2 heterocycles. The third kappa shape index (κ3) is 4.85. The summed E-state index contributed by atoms with van der Waals surface area (Å²) in [6, 6.07) is 13.4. The first-order valence-electron chi connectivity index (χ1n) is 11.3. The fourth-order valence-corrected chi connectivity index (χ4v) is 4.19. The molecule has 6 nitrogen and oxygen atoms in total. The monoisotopic (exact) mass is 432 g/mol. The summed E-state index contributed by atoms with van der Waals surface area (Å²) in [7, 11) is 0. The maximum absolute atomic E-state index is 12.8. The summed E-state index contributed by atoms with van der Waals surface area (Å²) >= 11 is 0. The first-order chi connectivity index (χ1) is 15.2. The van der Waals surface area contributed by atoms with E-state index in [4.69, 9.17) is 9.97 Å². The van der Waals surface area contributed by atoms with Crippen LogP contribution in [0.4, 0.5) is 5.82 Å². The lowest BCUT2D eigenvalue weighted by molar-refractivity contribution is -0.132. The lowest BCUT2D eigenvalue weighted by atomic mass is 9.91. The zero-order valence-corrected chi connectivity index (χ0v) is 19.4. The Morgan fingerprint density at radius 3 is 2.56 bits per heavy atom. The van der Waals surface area contributed by atoms with Crippen LogP contribution in [0.15, 0.2) is 42.5 Å². The normalized spacial score (nSPS) is 15.1. The number of fused-ring (bicyclic) bond motifs is 1. The maximum atomic E-state index is 12.8. The number of rotatable bonds is 3. The number of aromatic hydroxyl groups is 1. The smallest absolute Gasteiger partial charge is 0.223 e. The van der Waals surface area contributed by atoms with Gasteiger partial charge in [0.2, 0.25) is 5.91 Å². The van der Waals surface area contributed by atoms with Crippen LogP contribution in [0.25, 0.3) is 22.3 Å². The molecule has 1 N–H and O–H groups in total. The van der Waals surface area contributed by atoms with Crippen molar-refractivity contribution in [1.29, 1.82) is 0 Å². The van der Waals surface area contributed by atoms with Crippen molar-refractivity contribution in [3.8, 4) is 17.1 Å². The van der Waals surface area contributed by atoms with E-state index in [-0.39, 0.29) is 17.1 Å². The molecule has 0 radical (unpaired) electrons. The van der Waals surface area contributed by atoms with Crippen molar-refractivity contribution in [2.75, 3.05) is 31.1 Å². The molecular formula is C26H32N4O2. The SMILES string of the molecule is Cc1ccc2c(N3CCCN(C(=O)CC(C)(C)C)CC3)nc(-c3ccccc3O)nc2c1. The molecule has 4 rings (SSSR count). The van der Waals surface area contributed by atoms with Crippen molar-refractivity contribution in [2.45, 2.75) is 40.5 Å². The van der Waals surface area contributed by atoms with Crippen LogP contribution in [0.1, 0.15) is 39.2 Å². The molecule has 0 saturated carbocycles. The predicted molar refractivity (Wildman–Crippen MR) is 129 cm³/mol. The van der Waals surface area contributed by atoms with Gasteiger partial charge in [0.25, 0.3) is 0 Å². The Morgan fingerprint density at radius 1 is 1.03 bits per heavy atom. The van der Waals surface area contributed by atoms with Gasteiger partial charge in [-0.3, -0.25) is 4.79 Å². The van der Waals surface area contributed by atoms with E-state index in [9.17, 15) is 9.90 Å². The van der Waals surface area contributed by atoms with Gasteiger partial charge >= 0.3 is 0 Å². The summed E-state index contributed by atoms with van der Waals surface area (Å²) in [6.45, 7) is 11.3. The first-order valence-corrected chi connectivity index (χ1v) is 11.3. The highest BCUT2D eigenvalue weighted by Gasteiger charge is 2.25. The molecule has 1 saturated heterocycles. The summed E-state index contributed by atoms with van der Waals surface area (Å²) in [5.41, 5.74) is 2.59. The van der Waals surface area contributed by atoms with Crippen LogP contribution < -0.4 is 4.90 Å². The lowest BCUT2D eigenvalue weighted by Gasteiger charge is -2.26. The van der Waals surface area contributed by atoms with Crippen molar-refractivity contribution in [3.63, 3.8) is 0 Å². The van der Waals surface area contributed by atoms with E-state index in [1.807, 2.05) is 24.0 Å². The van der Waals surface area contributed by atoms with Gasteiger partial charge in [0.05, 0.1) is 11.1 Å². The number of para-hydroxylation sites is 1. The van der Waals surface area contributed by atoms with Crippen LogP contribution in [0.2, 0.25) is 0 Å². The van der Waals surface area contributed by atoms with Gasteiger partial charge in [-0.2, -0.15) is 0 Å². The molecule has 0 bridgehead atoms. The minimum absolute atomic E-state index is 0.0175. The second kappa shape index (κ2) is 8.77. The topological polar surface area (TPSA) is 69.6 Å². The second-order valence-electron chi connectivity index (χ2n) is 9.87. The number of benzene rings is 2. The second-order valence-corrected chi connectivity index (χ2v) is 9.87. The van der Waals surface area contributed by atoms with Crippen molar-refractivity contribution < 1.29 is 9.90 Å². The molecule has 0 spiro atoms. The molecule has 1 aliphatic rings. The standard InChI is InChI=1S/C26H32N4O2/c1-18-10-11-19-21(16-18)27-24(20-8-5-6-9-22(20)31)28-25(19)30-13-7-12-29(14-15-30)23(32)17-26(2,3)4/h5-6,8-11,16,31H,7,12-15,17H2,1-4H3. The Labute approximate surface area is 189 Å². The molecule has 32 heavy (non-hydrogen) atoms. The maximum Gasteiger partial charge on any atom is 0.223 e. The van der Waals surface area contributed by atoms with Crippen LogP contribution in [0.3, 0.4) is 0 Å². The molecule has 1 aliphatic heterocycles. The largest absolute Gasteiger partial charge is 0.507 e. The average molecular weight is 433 g/mol. The number of carbonyl (C=O) groups excluding carboxylic acids is 1. The minimum atomic E-state index is -0.0175. The highest BCUT2D eigenvalue weighted by molar-refractivity contribution is 5.92. The van der Waals surface area contributed by atoms with Crippen LogP contribution in [0.5, 0.6) is 5.75 Å². The molecule has 6 heteroatoms. The van der Waals surface area contributed by atoms with Gasteiger partial charge in [-0.25, -0.2) is 9.97 Å². The van der Waals surface area contributed by atoms with Gasteiger partial charge in [0.1, 0.15) is 11.6 Å². The van der Waals surface area contributed by atoms with Crippen molar-refractivity contribution in [1.82, 2.24) is 14.9 Å². The quantitative estimate of drug-likeness (QED) is 0.645. The van der Waals surface area contributed by atoms with Crippen LogP contribution in [-0.4, -0.2) is 52.1 Å². The number of carbonyl (C=O) groups is 1. The Morgan fingerprint density at radius 2 is 1.81 bits per heavy atom. The van der Waals surface area contributed by atoms with E-state index in [1.165, 1.54) is 0 Å². The minimum Gasteiger partial charge on any atom is -0.507 e. The summed E-state index contributed by atoms with van der Waals surface area (Å²) in [5.74, 6) is 1.76. The van der Waals surface area contributed by atoms with E-state index in [1.54, 1.807) is 12.1 Å². The Balaban J connectivity index is 1.69. The third-order valence-electron chi connectivity index (χ3n) is 5.81. The van der Waals surface area contributed by atoms with Crippen LogP contribution >= 0.6 is 0 Å². The number of hydrogen-bond acceptors (Lipinski definition) is 5. The number of nitrogens with zero attached hydrogens (tertiary/aromatic N) is 4. The zero-order chi connectivity index (χ0) is 22.9. The number of aryl methyl sites for hydroxylation is 1. The number of hydrogen-bond donors (Lipinski definition) is 1. The highest BCUT2D eigenvalue weighted by Crippen LogP contribution is 2.32. The van der Waals surface area contributed by atoms with Crippen LogP contribution in [-0.2, 0) is 4.79 Å². The molecule has 168 valence electrons. The van der Waals surface area contributed by atoms with Gasteiger partial charge in [-0.05, 0) is 48.6 Å². The van der Waals surface area contributed by atoms with E-state index < -0.39 is 0 Å². The molecule has 1 aromatic heterocycles. The van der Waals surface area contributed by atoms with Gasteiger partial charge in [0.15, 0.2) is 5.82 Å². The fourth-order valence-electron chi connectivity index (χ4n) is 4.19. The molecule has 0 atom stereocenters. The van der Waals surface area contributed by atoms with E-state index in [2.05, 4.69) is 43.9 Å². The highest BCUT2D eigenvalue weighted by atomic mass is 16.3. The van der Waals surface area contributed by atoms with Gasteiger partial charge in [-0.1, -0.05) is 39.0 Å². The van der Waals surface area contributed by atoms with E-state index in [0.717, 1.165) is 48.3 Å². The Bertz CT molecular complexity index is 1140. The number of phenols is 1. The van der Waals surface area contributed by atoms with Crippen molar-refractivity contribution >= 4 is 22.6 Å². The number of aromatic nitrogens is 2. The Kier molecular flexibility index (Phi) is 6.04. The molecule has 1 amide bonds.